The topological polar surface area (TPSA) is 79.9 Å². The zero-order valence-electron chi connectivity index (χ0n) is 15.5. The van der Waals surface area contributed by atoms with Gasteiger partial charge in [-0.05, 0) is 31.0 Å². The second-order valence-electron chi connectivity index (χ2n) is 6.56. The van der Waals surface area contributed by atoms with Crippen LogP contribution in [0.1, 0.15) is 38.2 Å². The van der Waals surface area contributed by atoms with Crippen molar-refractivity contribution >= 4 is 11.9 Å². The van der Waals surface area contributed by atoms with E-state index >= 15 is 0 Å². The van der Waals surface area contributed by atoms with Gasteiger partial charge in [0, 0.05) is 23.2 Å². The van der Waals surface area contributed by atoms with E-state index in [1.165, 1.54) is 7.11 Å². The molecule has 0 spiro atoms. The van der Waals surface area contributed by atoms with Gasteiger partial charge in [0.2, 0.25) is 0 Å². The molecule has 7 heteroatoms. The molecular weight excluding hydrogens is 334 g/mol. The van der Waals surface area contributed by atoms with E-state index < -0.39 is 5.97 Å². The van der Waals surface area contributed by atoms with Gasteiger partial charge in [-0.25, -0.2) is 5.43 Å². The number of benzene rings is 1. The van der Waals surface area contributed by atoms with Crippen molar-refractivity contribution in [2.24, 2.45) is 0 Å². The third kappa shape index (κ3) is 3.14. The molecule has 3 atom stereocenters. The summed E-state index contributed by atoms with van der Waals surface area (Å²) < 4.78 is 9.95. The van der Waals surface area contributed by atoms with Gasteiger partial charge in [-0.15, -0.1) is 0 Å². The number of nitrogens with one attached hydrogen (secondary N) is 2. The number of ether oxygens (including phenoxy) is 2. The first-order valence-electron chi connectivity index (χ1n) is 8.76. The molecule has 1 aromatic carbocycles. The molecule has 0 bridgehead atoms. The van der Waals surface area contributed by atoms with Crippen LogP contribution in [0.15, 0.2) is 35.5 Å². The Labute approximate surface area is 153 Å². The first kappa shape index (κ1) is 18.3. The maximum Gasteiger partial charge on any atom is 0.310 e. The molecule has 1 fully saturated rings. The Kier molecular flexibility index (Phi) is 5.18. The van der Waals surface area contributed by atoms with Gasteiger partial charge in [-0.1, -0.05) is 19.1 Å². The Balaban J connectivity index is 1.91. The van der Waals surface area contributed by atoms with Crippen molar-refractivity contribution in [3.05, 3.63) is 41.1 Å². The maximum atomic E-state index is 12.9. The van der Waals surface area contributed by atoms with Crippen molar-refractivity contribution in [1.29, 1.82) is 0 Å². The number of fused-ring (bicyclic) bond motifs is 1. The molecule has 1 aromatic rings. The highest BCUT2D eigenvalue weighted by molar-refractivity contribution is 5.99. The SMILES string of the molecule is CCC1NN2C(=O)C(CC(=O)OC)=C(C)NC2C1c1ccc(OC)cc1. The summed E-state index contributed by atoms with van der Waals surface area (Å²) in [5.41, 5.74) is 5.60. The number of amides is 1. The first-order valence-corrected chi connectivity index (χ1v) is 8.76. The molecule has 140 valence electrons. The quantitative estimate of drug-likeness (QED) is 0.779. The summed E-state index contributed by atoms with van der Waals surface area (Å²) in [6, 6.07) is 8.04. The molecule has 3 rings (SSSR count). The summed E-state index contributed by atoms with van der Waals surface area (Å²) in [7, 11) is 2.96. The first-order chi connectivity index (χ1) is 12.5. The Morgan fingerprint density at radius 2 is 1.92 bits per heavy atom. The highest BCUT2D eigenvalue weighted by Crippen LogP contribution is 2.36. The molecule has 2 aliphatic heterocycles. The average molecular weight is 359 g/mol. The Morgan fingerprint density at radius 3 is 2.50 bits per heavy atom. The molecule has 2 aliphatic rings. The lowest BCUT2D eigenvalue weighted by Crippen LogP contribution is -2.54. The summed E-state index contributed by atoms with van der Waals surface area (Å²) >= 11 is 0. The van der Waals surface area contributed by atoms with E-state index in [0.717, 1.165) is 23.4 Å². The number of carbonyl (C=O) groups excluding carboxylic acids is 2. The van der Waals surface area contributed by atoms with Gasteiger partial charge >= 0.3 is 5.97 Å². The van der Waals surface area contributed by atoms with Crippen LogP contribution in [-0.4, -0.2) is 43.3 Å². The van der Waals surface area contributed by atoms with E-state index in [1.807, 2.05) is 31.2 Å². The Morgan fingerprint density at radius 1 is 1.23 bits per heavy atom. The number of esters is 1. The fourth-order valence-electron chi connectivity index (χ4n) is 3.68. The van der Waals surface area contributed by atoms with E-state index in [0.29, 0.717) is 5.57 Å². The number of rotatable bonds is 5. The third-order valence-electron chi connectivity index (χ3n) is 5.14. The Bertz CT molecular complexity index is 729. The molecule has 0 aromatic heterocycles. The fraction of sp³-hybridized carbons (Fsp3) is 0.474. The van der Waals surface area contributed by atoms with Crippen molar-refractivity contribution in [2.75, 3.05) is 14.2 Å². The average Bonchev–Trinajstić information content (AvgIpc) is 3.03. The number of hydrogen-bond donors (Lipinski definition) is 2. The molecule has 0 saturated carbocycles. The molecule has 26 heavy (non-hydrogen) atoms. The monoisotopic (exact) mass is 359 g/mol. The van der Waals surface area contributed by atoms with Crippen molar-refractivity contribution < 1.29 is 19.1 Å². The molecule has 1 saturated heterocycles. The van der Waals surface area contributed by atoms with Crippen molar-refractivity contribution in [1.82, 2.24) is 15.8 Å². The van der Waals surface area contributed by atoms with Gasteiger partial charge < -0.3 is 14.8 Å². The minimum Gasteiger partial charge on any atom is -0.497 e. The van der Waals surface area contributed by atoms with Gasteiger partial charge in [0.05, 0.1) is 20.6 Å². The molecular formula is C19H25N3O4. The lowest BCUT2D eigenvalue weighted by atomic mass is 9.88. The van der Waals surface area contributed by atoms with Gasteiger partial charge in [0.15, 0.2) is 0 Å². The van der Waals surface area contributed by atoms with Gasteiger partial charge in [-0.2, -0.15) is 0 Å². The van der Waals surface area contributed by atoms with Crippen LogP contribution in [0, 0.1) is 0 Å². The standard InChI is InChI=1S/C19H25N3O4/c1-5-15-17(12-6-8-13(25-3)9-7-12)18-20-11(2)14(10-16(23)26-4)19(24)22(18)21-15/h6-9,15,17-18,20-21H,5,10H2,1-4H3. The van der Waals surface area contributed by atoms with E-state index in [1.54, 1.807) is 12.1 Å². The summed E-state index contributed by atoms with van der Waals surface area (Å²) in [5, 5.41) is 5.03. The maximum absolute atomic E-state index is 12.9. The molecule has 1 amide bonds. The molecule has 2 N–H and O–H groups in total. The number of allylic oxidation sites excluding steroid dienone is 1. The zero-order chi connectivity index (χ0) is 18.8. The summed E-state index contributed by atoms with van der Waals surface area (Å²) in [6.45, 7) is 3.92. The van der Waals surface area contributed by atoms with Crippen LogP contribution in [0.3, 0.4) is 0 Å². The molecule has 7 nitrogen and oxygen atoms in total. The summed E-state index contributed by atoms with van der Waals surface area (Å²) in [4.78, 5) is 24.6. The largest absolute Gasteiger partial charge is 0.497 e. The number of nitrogens with zero attached hydrogens (tertiary/aromatic N) is 1. The van der Waals surface area contributed by atoms with E-state index in [4.69, 9.17) is 9.47 Å². The molecule has 2 heterocycles. The fourth-order valence-corrected chi connectivity index (χ4v) is 3.68. The minimum atomic E-state index is -0.425. The number of carbonyl (C=O) groups is 2. The zero-order valence-corrected chi connectivity index (χ0v) is 15.5. The Hall–Kier alpha value is -2.54. The predicted molar refractivity (Wildman–Crippen MR) is 96.1 cm³/mol. The highest BCUT2D eigenvalue weighted by Gasteiger charge is 2.47. The summed E-state index contributed by atoms with van der Waals surface area (Å²) in [6.07, 6.45) is 0.620. The van der Waals surface area contributed by atoms with Crippen LogP contribution < -0.4 is 15.5 Å². The van der Waals surface area contributed by atoms with Crippen LogP contribution in [0.25, 0.3) is 0 Å². The second kappa shape index (κ2) is 7.37. The third-order valence-corrected chi connectivity index (χ3v) is 5.14. The smallest absolute Gasteiger partial charge is 0.310 e. The number of hydrazine groups is 1. The van der Waals surface area contributed by atoms with Crippen LogP contribution in [-0.2, 0) is 14.3 Å². The lowest BCUT2D eigenvalue weighted by molar-refractivity contribution is -0.142. The van der Waals surface area contributed by atoms with E-state index in [9.17, 15) is 9.59 Å². The van der Waals surface area contributed by atoms with Crippen molar-refractivity contribution in [3.63, 3.8) is 0 Å². The second-order valence-corrected chi connectivity index (χ2v) is 6.56. The normalized spacial score (nSPS) is 25.0. The van der Waals surface area contributed by atoms with Crippen molar-refractivity contribution in [2.45, 2.75) is 44.8 Å². The van der Waals surface area contributed by atoms with Gasteiger partial charge in [0.25, 0.3) is 5.91 Å². The highest BCUT2D eigenvalue weighted by atomic mass is 16.5. The van der Waals surface area contributed by atoms with E-state index in [-0.39, 0.29) is 30.5 Å². The molecule has 0 aliphatic carbocycles. The number of methoxy groups -OCH3 is 2. The minimum absolute atomic E-state index is 0.0386. The van der Waals surface area contributed by atoms with E-state index in [2.05, 4.69) is 17.7 Å². The van der Waals surface area contributed by atoms with Gasteiger partial charge in [0.1, 0.15) is 11.9 Å². The van der Waals surface area contributed by atoms with Crippen LogP contribution >= 0.6 is 0 Å². The predicted octanol–water partition coefficient (Wildman–Crippen LogP) is 1.67. The number of hydrogen-bond acceptors (Lipinski definition) is 6. The van der Waals surface area contributed by atoms with Gasteiger partial charge in [-0.3, -0.25) is 14.6 Å². The van der Waals surface area contributed by atoms with Crippen LogP contribution in [0.5, 0.6) is 5.75 Å². The summed E-state index contributed by atoms with van der Waals surface area (Å²) in [5.74, 6) is 0.287. The lowest BCUT2D eigenvalue weighted by Gasteiger charge is -2.35. The molecule has 0 radical (unpaired) electrons. The van der Waals surface area contributed by atoms with Crippen LogP contribution in [0.4, 0.5) is 0 Å². The van der Waals surface area contributed by atoms with Crippen molar-refractivity contribution in [3.8, 4) is 5.75 Å². The molecule has 3 unspecified atom stereocenters. The van der Waals surface area contributed by atoms with Crippen LogP contribution in [0.2, 0.25) is 0 Å².